The molecule has 0 saturated carbocycles. The van der Waals surface area contributed by atoms with Gasteiger partial charge in [-0.25, -0.2) is 0 Å². The molecule has 4 nitrogen and oxygen atoms in total. The number of anilines is 2. The molecular weight excluding hydrogens is 341 g/mol. The van der Waals surface area contributed by atoms with Gasteiger partial charge in [-0.05, 0) is 31.2 Å². The Morgan fingerprint density at radius 3 is 2.33 bits per heavy atom. The first-order valence-corrected chi connectivity index (χ1v) is 9.86. The van der Waals surface area contributed by atoms with Crippen LogP contribution in [0.4, 0.5) is 11.4 Å². The summed E-state index contributed by atoms with van der Waals surface area (Å²) in [4.78, 5) is 16.6. The summed E-state index contributed by atoms with van der Waals surface area (Å²) < 4.78 is 10.4. The van der Waals surface area contributed by atoms with E-state index < -0.39 is 0 Å². The number of carbonyl (C=O) groups excluding carboxylic acids is 1. The largest absolute Gasteiger partial charge is 0.459 e. The second-order valence-electron chi connectivity index (χ2n) is 5.18. The summed E-state index contributed by atoms with van der Waals surface area (Å²) in [6.45, 7) is 3.18. The minimum absolute atomic E-state index is 0.185. The maximum atomic E-state index is 12.0. The van der Waals surface area contributed by atoms with Crippen LogP contribution in [-0.2, 0) is 14.1 Å². The molecule has 2 aromatic carbocycles. The van der Waals surface area contributed by atoms with E-state index in [-0.39, 0.29) is 14.8 Å². The van der Waals surface area contributed by atoms with Gasteiger partial charge >= 0.3 is 5.97 Å². The van der Waals surface area contributed by atoms with Crippen molar-refractivity contribution in [2.75, 3.05) is 24.4 Å². The van der Waals surface area contributed by atoms with Gasteiger partial charge in [-0.15, -0.1) is 0 Å². The van der Waals surface area contributed by atoms with Crippen molar-refractivity contribution in [3.05, 3.63) is 48.5 Å². The molecule has 3 rings (SSSR count). The topological polar surface area (TPSA) is 38.8 Å². The van der Waals surface area contributed by atoms with Crippen molar-refractivity contribution in [3.63, 3.8) is 0 Å². The molecule has 1 unspecified atom stereocenters. The van der Waals surface area contributed by atoms with E-state index >= 15 is 0 Å². The fraction of sp³-hybridized carbons (Fsp3) is 0.278. The average Bonchev–Trinajstić information content (AvgIpc) is 2.62. The van der Waals surface area contributed by atoms with Crippen LogP contribution < -0.4 is 4.90 Å². The lowest BCUT2D eigenvalue weighted by Crippen LogP contribution is -2.24. The summed E-state index contributed by atoms with van der Waals surface area (Å²) in [5.41, 5.74) is 2.29. The molecule has 1 heterocycles. The highest BCUT2D eigenvalue weighted by atomic mass is 32.2. The summed E-state index contributed by atoms with van der Waals surface area (Å²) in [5.74, 6) is -0.185. The Kier molecular flexibility index (Phi) is 6.13. The smallest absolute Gasteiger partial charge is 0.308 e. The Hall–Kier alpha value is -1.55. The highest BCUT2D eigenvalue weighted by Crippen LogP contribution is 2.47. The number of esters is 1. The maximum absolute atomic E-state index is 12.0. The van der Waals surface area contributed by atoms with Crippen LogP contribution in [0.15, 0.2) is 58.3 Å². The number of benzene rings is 2. The predicted octanol–water partition coefficient (Wildman–Crippen LogP) is 4.81. The Balaban J connectivity index is 1.68. The number of rotatable bonds is 7. The Morgan fingerprint density at radius 1 is 1.08 bits per heavy atom. The molecule has 24 heavy (non-hydrogen) atoms. The first kappa shape index (κ1) is 17.3. The molecule has 0 saturated heterocycles. The fourth-order valence-electron chi connectivity index (χ4n) is 2.55. The number of hydrogen-bond donors (Lipinski definition) is 0. The summed E-state index contributed by atoms with van der Waals surface area (Å²) in [6.07, 6.45) is 0.694. The van der Waals surface area contributed by atoms with Crippen LogP contribution in [0.25, 0.3) is 0 Å². The Morgan fingerprint density at radius 2 is 1.71 bits per heavy atom. The highest BCUT2D eigenvalue weighted by Gasteiger charge is 2.23. The third kappa shape index (κ3) is 4.10. The molecule has 1 atom stereocenters. The van der Waals surface area contributed by atoms with Gasteiger partial charge in [0.05, 0.1) is 26.6 Å². The van der Waals surface area contributed by atoms with Crippen LogP contribution >= 0.6 is 20.6 Å². The van der Waals surface area contributed by atoms with Crippen LogP contribution in [0.3, 0.4) is 0 Å². The standard InChI is InChI=1S/C18H20NO3PS/c1-2-22-23-13-21-18(20)11-12-19-14-7-3-5-9-16(14)24-17-10-6-4-8-15(17)19/h3-10,23H,2,11-13H2,1H3. The number of para-hydroxylation sites is 2. The van der Waals surface area contributed by atoms with Crippen molar-refractivity contribution in [1.82, 2.24) is 0 Å². The Bertz CT molecular complexity index is 665. The fourth-order valence-corrected chi connectivity index (χ4v) is 4.15. The molecule has 126 valence electrons. The molecule has 2 aromatic rings. The maximum Gasteiger partial charge on any atom is 0.308 e. The molecule has 6 heteroatoms. The van der Waals surface area contributed by atoms with Gasteiger partial charge in [-0.2, -0.15) is 0 Å². The zero-order valence-electron chi connectivity index (χ0n) is 13.5. The van der Waals surface area contributed by atoms with E-state index in [9.17, 15) is 4.79 Å². The van der Waals surface area contributed by atoms with Crippen LogP contribution in [-0.4, -0.2) is 25.5 Å². The van der Waals surface area contributed by atoms with Crippen molar-refractivity contribution in [2.45, 2.75) is 23.1 Å². The molecule has 0 fully saturated rings. The van der Waals surface area contributed by atoms with Gasteiger partial charge in [-0.3, -0.25) is 4.79 Å². The number of hydrogen-bond acceptors (Lipinski definition) is 5. The highest BCUT2D eigenvalue weighted by molar-refractivity contribution is 7.99. The second-order valence-corrected chi connectivity index (χ2v) is 7.13. The zero-order chi connectivity index (χ0) is 16.8. The monoisotopic (exact) mass is 361 g/mol. The van der Waals surface area contributed by atoms with Gasteiger partial charge in [0.1, 0.15) is 6.35 Å². The van der Waals surface area contributed by atoms with Crippen molar-refractivity contribution >= 4 is 37.9 Å². The second kappa shape index (κ2) is 8.52. The lowest BCUT2D eigenvalue weighted by molar-refractivity contribution is -0.141. The normalized spacial score (nSPS) is 13.0. The third-order valence-electron chi connectivity index (χ3n) is 3.61. The minimum Gasteiger partial charge on any atom is -0.459 e. The molecule has 0 spiro atoms. The third-order valence-corrected chi connectivity index (χ3v) is 5.50. The van der Waals surface area contributed by atoms with E-state index in [0.717, 1.165) is 11.4 Å². The van der Waals surface area contributed by atoms with Gasteiger partial charge in [-0.1, -0.05) is 36.0 Å². The minimum atomic E-state index is -0.185. The van der Waals surface area contributed by atoms with Gasteiger partial charge in [0.25, 0.3) is 0 Å². The van der Waals surface area contributed by atoms with Crippen LogP contribution in [0, 0.1) is 0 Å². The van der Waals surface area contributed by atoms with Crippen molar-refractivity contribution in [1.29, 1.82) is 0 Å². The molecule has 1 aliphatic rings. The molecule has 0 radical (unpaired) electrons. The number of carbonyl (C=O) groups is 1. The van der Waals surface area contributed by atoms with E-state index in [0.29, 0.717) is 25.9 Å². The molecule has 0 N–H and O–H groups in total. The van der Waals surface area contributed by atoms with E-state index in [1.807, 2.05) is 31.2 Å². The lowest BCUT2D eigenvalue weighted by atomic mass is 10.2. The van der Waals surface area contributed by atoms with E-state index in [2.05, 4.69) is 29.2 Å². The number of nitrogens with zero attached hydrogens (tertiary/aromatic N) is 1. The molecule has 0 aromatic heterocycles. The van der Waals surface area contributed by atoms with Gasteiger partial charge in [0, 0.05) is 22.9 Å². The molecule has 0 amide bonds. The van der Waals surface area contributed by atoms with Gasteiger partial charge in [0.15, 0.2) is 0 Å². The first-order valence-electron chi connectivity index (χ1n) is 7.93. The summed E-state index contributed by atoms with van der Waals surface area (Å²) in [7, 11) is 0.217. The van der Waals surface area contributed by atoms with E-state index in [1.165, 1.54) is 9.79 Å². The summed E-state index contributed by atoms with van der Waals surface area (Å²) >= 11 is 1.77. The van der Waals surface area contributed by atoms with Crippen LogP contribution in [0.2, 0.25) is 0 Å². The van der Waals surface area contributed by atoms with E-state index in [4.69, 9.17) is 9.26 Å². The van der Waals surface area contributed by atoms with Crippen molar-refractivity contribution in [3.8, 4) is 0 Å². The van der Waals surface area contributed by atoms with Crippen LogP contribution in [0.5, 0.6) is 0 Å². The van der Waals surface area contributed by atoms with Gasteiger partial charge in [0.2, 0.25) is 0 Å². The molecular formula is C18H20NO3PS. The zero-order valence-corrected chi connectivity index (χ0v) is 15.3. The number of ether oxygens (including phenoxy) is 1. The molecule has 0 aliphatic carbocycles. The SMILES string of the molecule is CCOPCOC(=O)CCN1c2ccccc2Sc2ccccc21. The van der Waals surface area contributed by atoms with Crippen molar-refractivity contribution in [2.24, 2.45) is 0 Å². The quantitative estimate of drug-likeness (QED) is 0.402. The average molecular weight is 361 g/mol. The van der Waals surface area contributed by atoms with Crippen LogP contribution in [0.1, 0.15) is 13.3 Å². The lowest BCUT2D eigenvalue weighted by Gasteiger charge is -2.32. The molecule has 0 bridgehead atoms. The van der Waals surface area contributed by atoms with E-state index in [1.54, 1.807) is 11.8 Å². The van der Waals surface area contributed by atoms with Crippen molar-refractivity contribution < 1.29 is 14.1 Å². The predicted molar refractivity (Wildman–Crippen MR) is 99.5 cm³/mol. The summed E-state index contributed by atoms with van der Waals surface area (Å²) in [6, 6.07) is 16.6. The first-order chi connectivity index (χ1) is 11.8. The Labute approximate surface area is 148 Å². The number of fused-ring (bicyclic) bond motifs is 2. The molecule has 1 aliphatic heterocycles. The summed E-state index contributed by atoms with van der Waals surface area (Å²) in [5, 5.41) is 0. The van der Waals surface area contributed by atoms with Gasteiger partial charge < -0.3 is 14.2 Å².